The summed E-state index contributed by atoms with van der Waals surface area (Å²) in [6, 6.07) is -2.17. The Kier molecular flexibility index (Phi) is 7.46. The van der Waals surface area contributed by atoms with Crippen LogP contribution in [-0.2, 0) is 0 Å². The van der Waals surface area contributed by atoms with Gasteiger partial charge in [0.25, 0.3) is 12.1 Å². The Balaban J connectivity index is 3.16. The molecule has 1 aliphatic rings. The Labute approximate surface area is 146 Å². The summed E-state index contributed by atoms with van der Waals surface area (Å²) in [5, 5.41) is 22.4. The number of aliphatic imine (C=N–C) groups is 4. The molecule has 0 aromatic carbocycles. The second-order valence-corrected chi connectivity index (χ2v) is 6.44. The lowest BCUT2D eigenvalue weighted by Crippen LogP contribution is -2.32. The molecule has 0 amide bonds. The van der Waals surface area contributed by atoms with Crippen molar-refractivity contribution in [2.45, 2.75) is 51.7 Å². The number of nitro groups is 2. The van der Waals surface area contributed by atoms with E-state index >= 15 is 0 Å². The van der Waals surface area contributed by atoms with Crippen molar-refractivity contribution >= 4 is 23.9 Å². The molecule has 2 unspecified atom stereocenters. The van der Waals surface area contributed by atoms with Gasteiger partial charge in [-0.1, -0.05) is 0 Å². The first kappa shape index (κ1) is 20.5. The second kappa shape index (κ2) is 9.09. The van der Waals surface area contributed by atoms with Crippen molar-refractivity contribution in [2.24, 2.45) is 20.0 Å². The summed E-state index contributed by atoms with van der Waals surface area (Å²) in [6.45, 7) is 7.60. The fourth-order valence-corrected chi connectivity index (χ4v) is 2.09. The molecule has 10 nitrogen and oxygen atoms in total. The predicted octanol–water partition coefficient (Wildman–Crippen LogP) is 1.52. The fourth-order valence-electron chi connectivity index (χ4n) is 2.09. The van der Waals surface area contributed by atoms with Crippen molar-refractivity contribution in [2.75, 3.05) is 19.6 Å². The lowest BCUT2D eigenvalue weighted by atomic mass is 10.1. The molecule has 138 valence electrons. The van der Waals surface area contributed by atoms with Gasteiger partial charge in [-0.2, -0.15) is 0 Å². The van der Waals surface area contributed by atoms with Crippen molar-refractivity contribution in [1.29, 1.82) is 0 Å². The minimum Gasteiger partial charge on any atom is -0.287 e. The van der Waals surface area contributed by atoms with Crippen LogP contribution in [0, 0.1) is 20.2 Å². The predicted molar refractivity (Wildman–Crippen MR) is 98.1 cm³/mol. The van der Waals surface area contributed by atoms with Crippen molar-refractivity contribution in [1.82, 2.24) is 0 Å². The summed E-state index contributed by atoms with van der Waals surface area (Å²) in [6.07, 6.45) is 3.06. The van der Waals surface area contributed by atoms with E-state index in [-0.39, 0.29) is 6.54 Å². The van der Waals surface area contributed by atoms with Crippen molar-refractivity contribution in [3.8, 4) is 0 Å². The molecule has 0 N–H and O–H groups in total. The zero-order chi connectivity index (χ0) is 19.0. The zero-order valence-electron chi connectivity index (χ0n) is 15.0. The number of hydrogen-bond donors (Lipinski definition) is 0. The van der Waals surface area contributed by atoms with Crippen LogP contribution in [0.2, 0.25) is 0 Å². The van der Waals surface area contributed by atoms with Crippen molar-refractivity contribution in [3.63, 3.8) is 0 Å². The molecule has 1 heterocycles. The minimum atomic E-state index is -1.09. The standard InChI is InChI=1S/C15H24N6O4/c1-11-13(20(22)23)8-16-10-15(3,4)19-9-14(21(24)25)12(2)18-7-5-6-17-11/h8-9,13-14H,5-7,10H2,1-4H3. The van der Waals surface area contributed by atoms with E-state index in [1.54, 1.807) is 27.7 Å². The van der Waals surface area contributed by atoms with Gasteiger partial charge in [-0.15, -0.1) is 0 Å². The van der Waals surface area contributed by atoms with Gasteiger partial charge in [-0.3, -0.25) is 40.2 Å². The third kappa shape index (κ3) is 6.86. The summed E-state index contributed by atoms with van der Waals surface area (Å²) in [5.41, 5.74) is 0.0119. The molecule has 0 fully saturated rings. The molecule has 0 bridgehead atoms. The maximum absolute atomic E-state index is 11.2. The molecule has 0 aromatic rings. The summed E-state index contributed by atoms with van der Waals surface area (Å²) >= 11 is 0. The molecule has 0 aliphatic carbocycles. The molecule has 10 heteroatoms. The first-order valence-electron chi connectivity index (χ1n) is 7.98. The van der Waals surface area contributed by atoms with E-state index in [1.165, 1.54) is 12.4 Å². The van der Waals surface area contributed by atoms with E-state index in [1.807, 2.05) is 0 Å². The Morgan fingerprint density at radius 2 is 1.48 bits per heavy atom. The van der Waals surface area contributed by atoms with E-state index in [4.69, 9.17) is 0 Å². The summed E-state index contributed by atoms with van der Waals surface area (Å²) in [7, 11) is 0. The molecule has 0 aromatic heterocycles. The molecular formula is C15H24N6O4. The largest absolute Gasteiger partial charge is 0.287 e. The van der Waals surface area contributed by atoms with Crippen LogP contribution >= 0.6 is 0 Å². The highest BCUT2D eigenvalue weighted by Gasteiger charge is 2.25. The average Bonchev–Trinajstić information content (AvgIpc) is 2.49. The highest BCUT2D eigenvalue weighted by Crippen LogP contribution is 2.10. The Hall–Kier alpha value is -2.52. The lowest BCUT2D eigenvalue weighted by molar-refractivity contribution is -0.483. The second-order valence-electron chi connectivity index (χ2n) is 6.44. The molecule has 0 saturated heterocycles. The van der Waals surface area contributed by atoms with Crippen LogP contribution in [0.3, 0.4) is 0 Å². The van der Waals surface area contributed by atoms with Gasteiger partial charge in [0.15, 0.2) is 0 Å². The van der Waals surface area contributed by atoms with Crippen LogP contribution in [0.1, 0.15) is 34.1 Å². The van der Waals surface area contributed by atoms with Crippen LogP contribution in [0.5, 0.6) is 0 Å². The van der Waals surface area contributed by atoms with Crippen LogP contribution in [-0.4, -0.2) is 71.0 Å². The van der Waals surface area contributed by atoms with E-state index in [9.17, 15) is 20.2 Å². The van der Waals surface area contributed by atoms with Crippen molar-refractivity contribution < 1.29 is 9.85 Å². The summed E-state index contributed by atoms with van der Waals surface area (Å²) in [4.78, 5) is 38.3. The molecular weight excluding hydrogens is 328 g/mol. The third-order valence-corrected chi connectivity index (χ3v) is 3.64. The van der Waals surface area contributed by atoms with Crippen LogP contribution < -0.4 is 0 Å². The van der Waals surface area contributed by atoms with Crippen LogP contribution in [0.4, 0.5) is 0 Å². The van der Waals surface area contributed by atoms with E-state index in [0.29, 0.717) is 30.9 Å². The highest BCUT2D eigenvalue weighted by atomic mass is 16.6. The number of hydrogen-bond acceptors (Lipinski definition) is 8. The average molecular weight is 352 g/mol. The summed E-state index contributed by atoms with van der Waals surface area (Å²) < 4.78 is 0. The molecule has 0 saturated carbocycles. The van der Waals surface area contributed by atoms with E-state index < -0.39 is 27.5 Å². The third-order valence-electron chi connectivity index (χ3n) is 3.64. The van der Waals surface area contributed by atoms with Gasteiger partial charge in [0.05, 0.1) is 35.9 Å². The van der Waals surface area contributed by atoms with Crippen molar-refractivity contribution in [3.05, 3.63) is 20.2 Å². The first-order chi connectivity index (χ1) is 11.6. The maximum Gasteiger partial charge on any atom is 0.284 e. The number of nitrogens with zero attached hydrogens (tertiary/aromatic N) is 6. The van der Waals surface area contributed by atoms with Gasteiger partial charge in [0, 0.05) is 22.9 Å². The van der Waals surface area contributed by atoms with Crippen LogP contribution in [0.15, 0.2) is 20.0 Å². The lowest BCUT2D eigenvalue weighted by Gasteiger charge is -2.17. The smallest absolute Gasteiger partial charge is 0.284 e. The fraction of sp³-hybridized carbons (Fsp3) is 0.733. The van der Waals surface area contributed by atoms with Gasteiger partial charge >= 0.3 is 0 Å². The monoisotopic (exact) mass is 352 g/mol. The topological polar surface area (TPSA) is 136 Å². The van der Waals surface area contributed by atoms with Gasteiger partial charge in [0.1, 0.15) is 0 Å². The normalized spacial score (nSPS) is 25.3. The Morgan fingerprint density at radius 1 is 1.00 bits per heavy atom. The van der Waals surface area contributed by atoms with Gasteiger partial charge in [0.2, 0.25) is 0 Å². The quantitative estimate of drug-likeness (QED) is 0.549. The van der Waals surface area contributed by atoms with Crippen LogP contribution in [0.25, 0.3) is 0 Å². The molecule has 2 atom stereocenters. The minimum absolute atomic E-state index is 0.168. The van der Waals surface area contributed by atoms with E-state index in [0.717, 1.165) is 0 Å². The van der Waals surface area contributed by atoms with Gasteiger partial charge in [-0.25, -0.2) is 0 Å². The molecule has 0 radical (unpaired) electrons. The maximum atomic E-state index is 11.2. The molecule has 1 rings (SSSR count). The molecule has 25 heavy (non-hydrogen) atoms. The Morgan fingerprint density at radius 3 is 1.96 bits per heavy atom. The first-order valence-corrected chi connectivity index (χ1v) is 7.98. The SMILES string of the molecule is CC1=NCCCN=C(C)C([N+](=O)[O-])C=NC(C)(C)CN=CC1[N+](=O)[O-]. The van der Waals surface area contributed by atoms with Gasteiger partial charge in [-0.05, 0) is 34.1 Å². The number of rotatable bonds is 2. The molecule has 1 aliphatic heterocycles. The zero-order valence-corrected chi connectivity index (χ0v) is 15.0. The Bertz CT molecular complexity index is 624. The summed E-state index contributed by atoms with van der Waals surface area (Å²) in [5.74, 6) is 0. The van der Waals surface area contributed by atoms with E-state index in [2.05, 4.69) is 20.0 Å². The van der Waals surface area contributed by atoms with Gasteiger partial charge < -0.3 is 0 Å². The molecule has 0 spiro atoms. The highest BCUT2D eigenvalue weighted by molar-refractivity contribution is 6.00.